The molecule has 2 N–H and O–H groups in total. The zero-order valence-electron chi connectivity index (χ0n) is 7.08. The summed E-state index contributed by atoms with van der Waals surface area (Å²) in [7, 11) is 1.26. The van der Waals surface area contributed by atoms with E-state index >= 15 is 0 Å². The number of esters is 1. The zero-order valence-corrected chi connectivity index (χ0v) is 7.08. The van der Waals surface area contributed by atoms with Gasteiger partial charge in [0.05, 0.1) is 31.1 Å². The Morgan fingerprint density at radius 2 is 2.46 bits per heavy atom. The smallest absolute Gasteiger partial charge is 0.311 e. The van der Waals surface area contributed by atoms with Crippen molar-refractivity contribution in [1.82, 2.24) is 4.98 Å². The largest absolute Gasteiger partial charge is 0.469 e. The summed E-state index contributed by atoms with van der Waals surface area (Å²) >= 11 is 0. The third-order valence-electron chi connectivity index (χ3n) is 1.49. The van der Waals surface area contributed by atoms with Gasteiger partial charge in [-0.05, 0) is 6.07 Å². The second-order valence-electron chi connectivity index (χ2n) is 2.45. The summed E-state index contributed by atoms with van der Waals surface area (Å²) in [6.45, 7) is 0. The number of nitrogen functional groups attached to an aromatic ring is 1. The minimum Gasteiger partial charge on any atom is -0.469 e. The second kappa shape index (κ2) is 3.84. The number of carbonyl (C=O) groups excluding carboxylic acids is 1. The number of aromatic nitrogens is 1. The van der Waals surface area contributed by atoms with Crippen LogP contribution in [-0.2, 0) is 16.0 Å². The van der Waals surface area contributed by atoms with Crippen LogP contribution in [-0.4, -0.2) is 18.1 Å². The van der Waals surface area contributed by atoms with Gasteiger partial charge in [0.15, 0.2) is 0 Å². The van der Waals surface area contributed by atoms with Crippen molar-refractivity contribution in [2.75, 3.05) is 12.8 Å². The highest BCUT2D eigenvalue weighted by Gasteiger charge is 2.06. The molecule has 13 heavy (non-hydrogen) atoms. The summed E-state index contributed by atoms with van der Waals surface area (Å²) in [5, 5.41) is 0. The van der Waals surface area contributed by atoms with Crippen LogP contribution in [0.4, 0.5) is 10.1 Å². The van der Waals surface area contributed by atoms with Crippen LogP contribution in [0.2, 0.25) is 0 Å². The van der Waals surface area contributed by atoms with E-state index < -0.39 is 11.8 Å². The van der Waals surface area contributed by atoms with Crippen LogP contribution in [0.5, 0.6) is 0 Å². The Bertz CT molecular complexity index is 328. The molecule has 4 nitrogen and oxygen atoms in total. The standard InChI is InChI=1S/C8H9FN2O2/c1-13-8(12)3-5-2-6(9)7(10)4-11-5/h2,4H,3,10H2,1H3. The first-order valence-electron chi connectivity index (χ1n) is 3.60. The van der Waals surface area contributed by atoms with E-state index in [1.807, 2.05) is 0 Å². The van der Waals surface area contributed by atoms with Crippen molar-refractivity contribution in [3.63, 3.8) is 0 Å². The molecule has 0 spiro atoms. The molecule has 0 aliphatic carbocycles. The van der Waals surface area contributed by atoms with Gasteiger partial charge in [0, 0.05) is 0 Å². The van der Waals surface area contributed by atoms with Gasteiger partial charge in [0.25, 0.3) is 0 Å². The number of carbonyl (C=O) groups is 1. The number of halogens is 1. The fourth-order valence-corrected chi connectivity index (χ4v) is 0.798. The van der Waals surface area contributed by atoms with Crippen LogP contribution >= 0.6 is 0 Å². The van der Waals surface area contributed by atoms with Crippen molar-refractivity contribution in [3.8, 4) is 0 Å². The van der Waals surface area contributed by atoms with Crippen LogP contribution in [0.1, 0.15) is 5.69 Å². The molecular formula is C8H9FN2O2. The number of hydrogen-bond donors (Lipinski definition) is 1. The van der Waals surface area contributed by atoms with E-state index in [0.717, 1.165) is 6.07 Å². The van der Waals surface area contributed by atoms with E-state index in [2.05, 4.69) is 9.72 Å². The number of methoxy groups -OCH3 is 1. The Morgan fingerprint density at radius 1 is 1.77 bits per heavy atom. The molecule has 1 aromatic rings. The monoisotopic (exact) mass is 184 g/mol. The molecule has 0 aromatic carbocycles. The topological polar surface area (TPSA) is 65.2 Å². The minimum atomic E-state index is -0.575. The van der Waals surface area contributed by atoms with Gasteiger partial charge < -0.3 is 10.5 Å². The average Bonchev–Trinajstić information content (AvgIpc) is 2.11. The van der Waals surface area contributed by atoms with E-state index in [9.17, 15) is 9.18 Å². The maximum absolute atomic E-state index is 12.8. The first kappa shape index (κ1) is 9.44. The van der Waals surface area contributed by atoms with Crippen molar-refractivity contribution >= 4 is 11.7 Å². The summed E-state index contributed by atoms with van der Waals surface area (Å²) in [6, 6.07) is 1.12. The maximum atomic E-state index is 12.8. The van der Waals surface area contributed by atoms with Gasteiger partial charge in [0.1, 0.15) is 5.82 Å². The molecule has 1 aromatic heterocycles. The number of hydrogen-bond acceptors (Lipinski definition) is 4. The van der Waals surface area contributed by atoms with Crippen LogP contribution in [0, 0.1) is 5.82 Å². The molecule has 0 saturated carbocycles. The summed E-state index contributed by atoms with van der Waals surface area (Å²) in [6.07, 6.45) is 1.13. The van der Waals surface area contributed by atoms with Crippen molar-refractivity contribution in [2.24, 2.45) is 0 Å². The second-order valence-corrected chi connectivity index (χ2v) is 2.45. The molecular weight excluding hydrogens is 175 g/mol. The van der Waals surface area contributed by atoms with Crippen LogP contribution in [0.3, 0.4) is 0 Å². The van der Waals surface area contributed by atoms with E-state index in [1.165, 1.54) is 13.3 Å². The molecule has 0 aliphatic heterocycles. The van der Waals surface area contributed by atoms with E-state index in [4.69, 9.17) is 5.73 Å². The molecule has 0 atom stereocenters. The summed E-state index contributed by atoms with van der Waals surface area (Å²) in [5.74, 6) is -1.04. The van der Waals surface area contributed by atoms with Gasteiger partial charge in [-0.1, -0.05) is 0 Å². The first-order chi connectivity index (χ1) is 6.13. The number of nitrogens with zero attached hydrogens (tertiary/aromatic N) is 1. The lowest BCUT2D eigenvalue weighted by molar-refractivity contribution is -0.139. The zero-order chi connectivity index (χ0) is 9.84. The number of ether oxygens (including phenoxy) is 1. The van der Waals surface area contributed by atoms with Gasteiger partial charge in [0.2, 0.25) is 0 Å². The number of rotatable bonds is 2. The van der Waals surface area contributed by atoms with Crippen LogP contribution < -0.4 is 5.73 Å². The average molecular weight is 184 g/mol. The normalized spacial score (nSPS) is 9.69. The predicted octanol–water partition coefficient (Wildman–Crippen LogP) is 0.518. The fraction of sp³-hybridized carbons (Fsp3) is 0.250. The predicted molar refractivity (Wildman–Crippen MR) is 44.3 cm³/mol. The lowest BCUT2D eigenvalue weighted by Gasteiger charge is -2.00. The molecule has 70 valence electrons. The molecule has 0 unspecified atom stereocenters. The molecule has 0 fully saturated rings. The minimum absolute atomic E-state index is 0.0337. The van der Waals surface area contributed by atoms with E-state index in [0.29, 0.717) is 5.69 Å². The molecule has 0 saturated heterocycles. The van der Waals surface area contributed by atoms with Gasteiger partial charge in [-0.2, -0.15) is 0 Å². The quantitative estimate of drug-likeness (QED) is 0.680. The van der Waals surface area contributed by atoms with Crippen molar-refractivity contribution in [2.45, 2.75) is 6.42 Å². The molecule has 1 heterocycles. The lowest BCUT2D eigenvalue weighted by Crippen LogP contribution is -2.07. The van der Waals surface area contributed by atoms with E-state index in [1.54, 1.807) is 0 Å². The third kappa shape index (κ3) is 2.40. The molecule has 0 bridgehead atoms. The Balaban J connectivity index is 2.79. The summed E-state index contributed by atoms with van der Waals surface area (Å²) in [4.78, 5) is 14.5. The number of nitrogens with two attached hydrogens (primary N) is 1. The maximum Gasteiger partial charge on any atom is 0.311 e. The Kier molecular flexibility index (Phi) is 2.79. The molecule has 0 aliphatic rings. The van der Waals surface area contributed by atoms with Crippen molar-refractivity contribution in [3.05, 3.63) is 23.8 Å². The SMILES string of the molecule is COC(=O)Cc1cc(F)c(N)cn1. The fourth-order valence-electron chi connectivity index (χ4n) is 0.798. The van der Waals surface area contributed by atoms with Crippen molar-refractivity contribution in [1.29, 1.82) is 0 Å². The van der Waals surface area contributed by atoms with Crippen molar-refractivity contribution < 1.29 is 13.9 Å². The van der Waals surface area contributed by atoms with Gasteiger partial charge in [-0.3, -0.25) is 9.78 Å². The van der Waals surface area contributed by atoms with Crippen LogP contribution in [0.15, 0.2) is 12.3 Å². The lowest BCUT2D eigenvalue weighted by atomic mass is 10.2. The highest BCUT2D eigenvalue weighted by Crippen LogP contribution is 2.09. The molecule has 0 amide bonds. The Morgan fingerprint density at radius 3 is 3.00 bits per heavy atom. The highest BCUT2D eigenvalue weighted by molar-refractivity contribution is 5.71. The Labute approximate surface area is 74.5 Å². The van der Waals surface area contributed by atoms with Gasteiger partial charge >= 0.3 is 5.97 Å². The van der Waals surface area contributed by atoms with Gasteiger partial charge in [-0.25, -0.2) is 4.39 Å². The molecule has 1 rings (SSSR count). The first-order valence-corrected chi connectivity index (χ1v) is 3.60. The third-order valence-corrected chi connectivity index (χ3v) is 1.49. The molecule has 0 radical (unpaired) electrons. The Hall–Kier alpha value is -1.65. The highest BCUT2D eigenvalue weighted by atomic mass is 19.1. The van der Waals surface area contributed by atoms with Gasteiger partial charge in [-0.15, -0.1) is 0 Å². The summed E-state index contributed by atoms with van der Waals surface area (Å²) < 4.78 is 17.2. The molecule has 5 heteroatoms. The number of anilines is 1. The number of pyridine rings is 1. The summed E-state index contributed by atoms with van der Waals surface area (Å²) in [5.41, 5.74) is 5.47. The van der Waals surface area contributed by atoms with Crippen LogP contribution in [0.25, 0.3) is 0 Å². The van der Waals surface area contributed by atoms with E-state index in [-0.39, 0.29) is 12.1 Å².